The smallest absolute Gasteiger partial charge is 0.274 e. The van der Waals surface area contributed by atoms with Crippen LogP contribution in [0.2, 0.25) is 0 Å². The Morgan fingerprint density at radius 1 is 1.20 bits per heavy atom. The van der Waals surface area contributed by atoms with Gasteiger partial charge in [0, 0.05) is 50.2 Å². The molecule has 3 aromatic rings. The maximum atomic E-state index is 13.9. The summed E-state index contributed by atoms with van der Waals surface area (Å²) in [5.41, 5.74) is 0.683. The molecule has 2 aromatic heterocycles. The van der Waals surface area contributed by atoms with Gasteiger partial charge >= 0.3 is 0 Å². The molecule has 1 N–H and O–H groups in total. The maximum absolute atomic E-state index is 13.9. The third-order valence-corrected chi connectivity index (χ3v) is 7.88. The first-order valence-corrected chi connectivity index (χ1v) is 14.4. The number of rotatable bonds is 10. The van der Waals surface area contributed by atoms with Crippen molar-refractivity contribution in [1.29, 1.82) is 0 Å². The van der Waals surface area contributed by atoms with E-state index in [4.69, 9.17) is 0 Å². The van der Waals surface area contributed by atoms with E-state index in [1.165, 1.54) is 12.1 Å². The molecule has 1 saturated heterocycles. The maximum Gasteiger partial charge on any atom is 0.274 e. The lowest BCUT2D eigenvalue weighted by atomic mass is 9.85. The summed E-state index contributed by atoms with van der Waals surface area (Å²) in [5, 5.41) is 3.01. The van der Waals surface area contributed by atoms with Crippen LogP contribution in [0.1, 0.15) is 69.9 Å². The van der Waals surface area contributed by atoms with Gasteiger partial charge in [0.2, 0.25) is 17.6 Å². The summed E-state index contributed by atoms with van der Waals surface area (Å²) in [5.74, 6) is -0.589. The van der Waals surface area contributed by atoms with Gasteiger partial charge in [-0.25, -0.2) is 14.4 Å². The molecule has 220 valence electrons. The Morgan fingerprint density at radius 3 is 2.59 bits per heavy atom. The van der Waals surface area contributed by atoms with Gasteiger partial charge in [0.1, 0.15) is 17.6 Å². The molecular formula is C31H41FN6O3. The number of carbonyl (C=O) groups is 3. The first kappa shape index (κ1) is 30.1. The standard InChI is InChI=1S/C31H41FN6O3/c1-6-21(2)27(39)35-26(31(3,4)5)29(41)38-17-7-9-24(38)19-36(18-14-22-10-12-23(32)13-11-22)28(40)25-20-37-16-8-15-33-30(37)34-25/h8,10-13,15-16,20-21,24,26H,6-7,9,14,17-19H2,1-5H3,(H,35,39)/t21-,24+,26-/m1/s1. The zero-order chi connectivity index (χ0) is 29.7. The fraction of sp³-hybridized carbons (Fsp3) is 0.516. The second-order valence-corrected chi connectivity index (χ2v) is 12.0. The number of nitrogens with zero attached hydrogens (tertiary/aromatic N) is 5. The lowest BCUT2D eigenvalue weighted by Gasteiger charge is -2.37. The highest BCUT2D eigenvalue weighted by Gasteiger charge is 2.41. The molecule has 3 atom stereocenters. The molecule has 4 rings (SSSR count). The van der Waals surface area contributed by atoms with Crippen molar-refractivity contribution in [2.45, 2.75) is 72.4 Å². The van der Waals surface area contributed by atoms with Crippen LogP contribution in [0.5, 0.6) is 0 Å². The summed E-state index contributed by atoms with van der Waals surface area (Å²) < 4.78 is 15.2. The Balaban J connectivity index is 1.57. The van der Waals surface area contributed by atoms with Crippen LogP contribution in [-0.2, 0) is 16.0 Å². The number of fused-ring (bicyclic) bond motifs is 1. The van der Waals surface area contributed by atoms with Gasteiger partial charge in [-0.15, -0.1) is 0 Å². The number of benzene rings is 1. The summed E-state index contributed by atoms with van der Waals surface area (Å²) >= 11 is 0. The van der Waals surface area contributed by atoms with Crippen LogP contribution in [0.3, 0.4) is 0 Å². The van der Waals surface area contributed by atoms with Gasteiger partial charge in [-0.2, -0.15) is 0 Å². The Bertz CT molecular complexity index is 1330. The summed E-state index contributed by atoms with van der Waals surface area (Å²) in [6.07, 6.45) is 7.83. The number of imidazole rings is 1. The molecule has 9 nitrogen and oxygen atoms in total. The predicted molar refractivity (Wildman–Crippen MR) is 155 cm³/mol. The summed E-state index contributed by atoms with van der Waals surface area (Å²) in [6, 6.07) is 7.12. The lowest BCUT2D eigenvalue weighted by molar-refractivity contribution is -0.141. The summed E-state index contributed by atoms with van der Waals surface area (Å²) in [6.45, 7) is 10.9. The van der Waals surface area contributed by atoms with Crippen molar-refractivity contribution in [3.8, 4) is 0 Å². The highest BCUT2D eigenvalue weighted by molar-refractivity contribution is 5.93. The van der Waals surface area contributed by atoms with Crippen LogP contribution in [0.4, 0.5) is 4.39 Å². The van der Waals surface area contributed by atoms with Crippen molar-refractivity contribution in [2.75, 3.05) is 19.6 Å². The average Bonchev–Trinajstić information content (AvgIpc) is 3.60. The van der Waals surface area contributed by atoms with Crippen LogP contribution in [0, 0.1) is 17.2 Å². The van der Waals surface area contributed by atoms with Crippen LogP contribution >= 0.6 is 0 Å². The predicted octanol–water partition coefficient (Wildman–Crippen LogP) is 4.12. The number of nitrogens with one attached hydrogen (secondary N) is 1. The van der Waals surface area contributed by atoms with Gasteiger partial charge in [0.05, 0.1) is 0 Å². The molecule has 0 bridgehead atoms. The van der Waals surface area contributed by atoms with Gasteiger partial charge in [-0.05, 0) is 54.9 Å². The minimum atomic E-state index is -0.683. The van der Waals surface area contributed by atoms with Crippen LogP contribution in [0.25, 0.3) is 5.78 Å². The van der Waals surface area contributed by atoms with Crippen molar-refractivity contribution in [3.63, 3.8) is 0 Å². The van der Waals surface area contributed by atoms with Gasteiger partial charge in [0.15, 0.2) is 0 Å². The fourth-order valence-corrected chi connectivity index (χ4v) is 5.14. The molecule has 1 fully saturated rings. The van der Waals surface area contributed by atoms with Gasteiger partial charge < -0.3 is 15.1 Å². The van der Waals surface area contributed by atoms with Crippen LogP contribution in [-0.4, -0.2) is 73.6 Å². The quantitative estimate of drug-likeness (QED) is 0.399. The number of carbonyl (C=O) groups excluding carboxylic acids is 3. The molecule has 41 heavy (non-hydrogen) atoms. The van der Waals surface area contributed by atoms with Gasteiger partial charge in [-0.3, -0.25) is 18.8 Å². The number of likely N-dealkylation sites (tertiary alicyclic amines) is 1. The minimum absolute atomic E-state index is 0.125. The largest absolute Gasteiger partial charge is 0.344 e. The SMILES string of the molecule is CC[C@@H](C)C(=O)N[C@H](C(=O)N1CCC[C@H]1CN(CCc1ccc(F)cc1)C(=O)c1cn2cccnc2n1)C(C)(C)C. The fourth-order valence-electron chi connectivity index (χ4n) is 5.14. The van der Waals surface area contributed by atoms with Crippen molar-refractivity contribution >= 4 is 23.5 Å². The molecular weight excluding hydrogens is 523 g/mol. The van der Waals surface area contributed by atoms with E-state index in [2.05, 4.69) is 15.3 Å². The van der Waals surface area contributed by atoms with Crippen molar-refractivity contribution in [1.82, 2.24) is 29.5 Å². The van der Waals surface area contributed by atoms with E-state index in [0.717, 1.165) is 18.4 Å². The zero-order valence-electron chi connectivity index (χ0n) is 24.6. The number of halogens is 1. The average molecular weight is 565 g/mol. The van der Waals surface area contributed by atoms with E-state index >= 15 is 0 Å². The minimum Gasteiger partial charge on any atom is -0.344 e. The van der Waals surface area contributed by atoms with Crippen molar-refractivity contribution in [3.05, 3.63) is 66.0 Å². The molecule has 10 heteroatoms. The highest BCUT2D eigenvalue weighted by Crippen LogP contribution is 2.27. The summed E-state index contributed by atoms with van der Waals surface area (Å²) in [4.78, 5) is 52.8. The summed E-state index contributed by atoms with van der Waals surface area (Å²) in [7, 11) is 0. The molecule has 3 heterocycles. The molecule has 0 saturated carbocycles. The molecule has 1 aliphatic heterocycles. The first-order valence-electron chi connectivity index (χ1n) is 14.4. The van der Waals surface area contributed by atoms with Crippen molar-refractivity contribution < 1.29 is 18.8 Å². The molecule has 3 amide bonds. The Kier molecular flexibility index (Phi) is 9.40. The lowest BCUT2D eigenvalue weighted by Crippen LogP contribution is -2.57. The van der Waals surface area contributed by atoms with Gasteiger partial charge in [0.25, 0.3) is 5.91 Å². The first-order chi connectivity index (χ1) is 19.5. The van der Waals surface area contributed by atoms with Crippen LogP contribution in [0.15, 0.2) is 48.9 Å². The van der Waals surface area contributed by atoms with E-state index in [1.54, 1.807) is 46.1 Å². The van der Waals surface area contributed by atoms with E-state index < -0.39 is 11.5 Å². The molecule has 0 aliphatic carbocycles. The Hall–Kier alpha value is -3.82. The van der Waals surface area contributed by atoms with Gasteiger partial charge in [-0.1, -0.05) is 46.8 Å². The van der Waals surface area contributed by atoms with E-state index in [0.29, 0.717) is 38.3 Å². The van der Waals surface area contributed by atoms with Crippen molar-refractivity contribution in [2.24, 2.45) is 11.3 Å². The number of amides is 3. The van der Waals surface area contributed by atoms with E-state index in [9.17, 15) is 18.8 Å². The molecule has 0 spiro atoms. The number of hydrogen-bond donors (Lipinski definition) is 1. The molecule has 1 aliphatic rings. The monoisotopic (exact) mass is 564 g/mol. The molecule has 1 aromatic carbocycles. The van der Waals surface area contributed by atoms with E-state index in [1.807, 2.05) is 39.5 Å². The van der Waals surface area contributed by atoms with E-state index in [-0.39, 0.29) is 41.2 Å². The normalized spacial score (nSPS) is 16.9. The third-order valence-electron chi connectivity index (χ3n) is 7.88. The zero-order valence-corrected chi connectivity index (χ0v) is 24.6. The Morgan fingerprint density at radius 2 is 1.93 bits per heavy atom. The topological polar surface area (TPSA) is 99.9 Å². The molecule has 0 radical (unpaired) electrons. The molecule has 0 unspecified atom stereocenters. The highest BCUT2D eigenvalue weighted by atomic mass is 19.1. The third kappa shape index (κ3) is 7.28. The second kappa shape index (κ2) is 12.8. The second-order valence-electron chi connectivity index (χ2n) is 12.0. The number of aromatic nitrogens is 3. The van der Waals surface area contributed by atoms with Crippen LogP contribution < -0.4 is 5.32 Å². The number of hydrogen-bond acceptors (Lipinski definition) is 5. The Labute approximate surface area is 241 Å².